The maximum atomic E-state index is 12.0. The van der Waals surface area contributed by atoms with Crippen LogP contribution in [-0.2, 0) is 11.3 Å². The van der Waals surface area contributed by atoms with Gasteiger partial charge in [-0.25, -0.2) is 4.68 Å². The molecular formula is C19H16Cl2N4O. The van der Waals surface area contributed by atoms with Crippen LogP contribution in [0.5, 0.6) is 0 Å². The van der Waals surface area contributed by atoms with Crippen LogP contribution >= 0.6 is 23.2 Å². The Labute approximate surface area is 161 Å². The lowest BCUT2D eigenvalue weighted by Gasteiger charge is -2.04. The minimum absolute atomic E-state index is 0.253. The number of amides is 1. The van der Waals surface area contributed by atoms with E-state index in [2.05, 4.69) is 15.4 Å². The van der Waals surface area contributed by atoms with E-state index in [-0.39, 0.29) is 5.91 Å². The van der Waals surface area contributed by atoms with Gasteiger partial charge in [0.05, 0.1) is 12.2 Å². The Hall–Kier alpha value is -2.63. The molecule has 3 aromatic rings. The van der Waals surface area contributed by atoms with Gasteiger partial charge in [-0.2, -0.15) is 5.10 Å². The molecule has 0 unspecified atom stereocenters. The summed E-state index contributed by atoms with van der Waals surface area (Å²) in [5.41, 5.74) is 3.17. The van der Waals surface area contributed by atoms with Gasteiger partial charge in [0.25, 0.3) is 0 Å². The van der Waals surface area contributed by atoms with Gasteiger partial charge < -0.3 is 5.32 Å². The van der Waals surface area contributed by atoms with E-state index in [4.69, 9.17) is 23.2 Å². The van der Waals surface area contributed by atoms with Crippen molar-refractivity contribution in [3.05, 3.63) is 81.9 Å². The quantitative estimate of drug-likeness (QED) is 0.652. The lowest BCUT2D eigenvalue weighted by atomic mass is 10.2. The number of nitrogens with one attached hydrogen (secondary N) is 1. The van der Waals surface area contributed by atoms with Crippen molar-refractivity contribution in [2.24, 2.45) is 0 Å². The second-order valence-corrected chi connectivity index (χ2v) is 6.43. The van der Waals surface area contributed by atoms with E-state index in [0.29, 0.717) is 28.0 Å². The van der Waals surface area contributed by atoms with Crippen molar-refractivity contribution in [2.75, 3.05) is 5.32 Å². The first-order valence-corrected chi connectivity index (χ1v) is 8.65. The highest BCUT2D eigenvalue weighted by molar-refractivity contribution is 6.31. The van der Waals surface area contributed by atoms with Gasteiger partial charge >= 0.3 is 0 Å². The number of aromatic nitrogens is 3. The van der Waals surface area contributed by atoms with Crippen LogP contribution in [0.15, 0.2) is 54.9 Å². The zero-order valence-electron chi connectivity index (χ0n) is 14.0. The Kier molecular flexibility index (Phi) is 5.71. The predicted octanol–water partition coefficient (Wildman–Crippen LogP) is 4.59. The molecule has 0 aliphatic rings. The first-order valence-electron chi connectivity index (χ1n) is 7.89. The maximum Gasteiger partial charge on any atom is 0.248 e. The summed E-state index contributed by atoms with van der Waals surface area (Å²) in [6, 6.07) is 10.9. The average Bonchev–Trinajstić information content (AvgIpc) is 2.89. The molecule has 26 heavy (non-hydrogen) atoms. The van der Waals surface area contributed by atoms with Crippen molar-refractivity contribution >= 4 is 40.9 Å². The molecule has 0 aliphatic heterocycles. The van der Waals surface area contributed by atoms with Gasteiger partial charge in [0.1, 0.15) is 5.15 Å². The van der Waals surface area contributed by atoms with Crippen LogP contribution in [0.25, 0.3) is 6.08 Å². The highest BCUT2D eigenvalue weighted by Gasteiger charge is 2.12. The summed E-state index contributed by atoms with van der Waals surface area (Å²) in [6.07, 6.45) is 6.32. The molecular weight excluding hydrogens is 371 g/mol. The molecule has 0 bridgehead atoms. The normalized spacial score (nSPS) is 11.0. The number of halogens is 2. The second-order valence-electron chi connectivity index (χ2n) is 5.63. The molecule has 0 saturated heterocycles. The predicted molar refractivity (Wildman–Crippen MR) is 104 cm³/mol. The van der Waals surface area contributed by atoms with E-state index in [1.807, 2.05) is 31.2 Å². The van der Waals surface area contributed by atoms with Crippen LogP contribution < -0.4 is 5.32 Å². The number of anilines is 1. The number of rotatable bonds is 5. The molecule has 0 spiro atoms. The van der Waals surface area contributed by atoms with E-state index in [9.17, 15) is 4.79 Å². The third-order valence-corrected chi connectivity index (χ3v) is 4.35. The van der Waals surface area contributed by atoms with Crippen LogP contribution in [0, 0.1) is 6.92 Å². The van der Waals surface area contributed by atoms with Crippen LogP contribution in [0.3, 0.4) is 0 Å². The number of hydrogen-bond acceptors (Lipinski definition) is 3. The summed E-state index contributed by atoms with van der Waals surface area (Å²) in [5.74, 6) is -0.253. The third kappa shape index (κ3) is 4.50. The van der Waals surface area contributed by atoms with E-state index in [1.54, 1.807) is 35.3 Å². The molecule has 0 aliphatic carbocycles. The molecule has 2 aromatic heterocycles. The first kappa shape index (κ1) is 18.2. The number of hydrogen-bond donors (Lipinski definition) is 1. The number of carbonyl (C=O) groups is 1. The number of nitrogens with zero attached hydrogens (tertiary/aromatic N) is 3. The third-order valence-electron chi connectivity index (χ3n) is 3.70. The molecule has 0 atom stereocenters. The summed E-state index contributed by atoms with van der Waals surface area (Å²) < 4.78 is 1.70. The lowest BCUT2D eigenvalue weighted by Crippen LogP contribution is -2.07. The zero-order valence-corrected chi connectivity index (χ0v) is 15.5. The average molecular weight is 387 g/mol. The SMILES string of the molecule is Cc1nn(Cc2ccc(Cl)cc2)c(Cl)c1/C=C/C(=O)Nc1ccncc1. The molecule has 7 heteroatoms. The Balaban J connectivity index is 1.73. The number of pyridine rings is 1. The molecule has 2 heterocycles. The summed E-state index contributed by atoms with van der Waals surface area (Å²) in [5, 5.41) is 8.36. The van der Waals surface area contributed by atoms with Crippen molar-refractivity contribution in [3.63, 3.8) is 0 Å². The first-order chi connectivity index (χ1) is 12.5. The number of aryl methyl sites for hydroxylation is 1. The van der Waals surface area contributed by atoms with E-state index >= 15 is 0 Å². The second kappa shape index (κ2) is 8.17. The summed E-state index contributed by atoms with van der Waals surface area (Å²) in [6.45, 7) is 2.37. The van der Waals surface area contributed by atoms with Gasteiger partial charge in [0.15, 0.2) is 0 Å². The molecule has 1 N–H and O–H groups in total. The van der Waals surface area contributed by atoms with Gasteiger partial charge in [-0.15, -0.1) is 0 Å². The summed E-state index contributed by atoms with van der Waals surface area (Å²) in [4.78, 5) is 15.9. The summed E-state index contributed by atoms with van der Waals surface area (Å²) >= 11 is 12.3. The number of carbonyl (C=O) groups excluding carboxylic acids is 1. The van der Waals surface area contributed by atoms with Crippen molar-refractivity contribution in [3.8, 4) is 0 Å². The van der Waals surface area contributed by atoms with Crippen molar-refractivity contribution in [1.29, 1.82) is 0 Å². The Morgan fingerprint density at radius 2 is 1.85 bits per heavy atom. The van der Waals surface area contributed by atoms with Crippen LogP contribution in [0.2, 0.25) is 10.2 Å². The molecule has 1 aromatic carbocycles. The molecule has 1 amide bonds. The largest absolute Gasteiger partial charge is 0.322 e. The summed E-state index contributed by atoms with van der Waals surface area (Å²) in [7, 11) is 0. The Morgan fingerprint density at radius 3 is 2.54 bits per heavy atom. The van der Waals surface area contributed by atoms with E-state index in [1.165, 1.54) is 6.08 Å². The fraction of sp³-hybridized carbons (Fsp3) is 0.105. The molecule has 0 saturated carbocycles. The standard InChI is InChI=1S/C19H16Cl2N4O/c1-13-17(6-7-18(26)23-16-8-10-22-11-9-16)19(21)25(24-13)12-14-2-4-15(20)5-3-14/h2-11H,12H2,1H3,(H,22,23,26)/b7-6+. The highest BCUT2D eigenvalue weighted by atomic mass is 35.5. The van der Waals surface area contributed by atoms with E-state index in [0.717, 1.165) is 11.3 Å². The lowest BCUT2D eigenvalue weighted by molar-refractivity contribution is -0.111. The highest BCUT2D eigenvalue weighted by Crippen LogP contribution is 2.23. The fourth-order valence-corrected chi connectivity index (χ4v) is 2.83. The monoisotopic (exact) mass is 386 g/mol. The topological polar surface area (TPSA) is 59.8 Å². The minimum Gasteiger partial charge on any atom is -0.322 e. The van der Waals surface area contributed by atoms with Crippen molar-refractivity contribution < 1.29 is 4.79 Å². The molecule has 0 fully saturated rings. The van der Waals surface area contributed by atoms with Crippen molar-refractivity contribution in [1.82, 2.24) is 14.8 Å². The van der Waals surface area contributed by atoms with Gasteiger partial charge in [-0.05, 0) is 42.8 Å². The van der Waals surface area contributed by atoms with Crippen LogP contribution in [-0.4, -0.2) is 20.7 Å². The van der Waals surface area contributed by atoms with Crippen LogP contribution in [0.1, 0.15) is 16.8 Å². The maximum absolute atomic E-state index is 12.0. The van der Waals surface area contributed by atoms with Gasteiger partial charge in [-0.1, -0.05) is 35.3 Å². The molecule has 3 rings (SSSR count). The van der Waals surface area contributed by atoms with Gasteiger partial charge in [0, 0.05) is 34.7 Å². The Bertz CT molecular complexity index is 934. The van der Waals surface area contributed by atoms with Gasteiger partial charge in [0.2, 0.25) is 5.91 Å². The molecule has 132 valence electrons. The smallest absolute Gasteiger partial charge is 0.248 e. The van der Waals surface area contributed by atoms with Crippen LogP contribution in [0.4, 0.5) is 5.69 Å². The molecule has 0 radical (unpaired) electrons. The number of benzene rings is 1. The van der Waals surface area contributed by atoms with E-state index < -0.39 is 0 Å². The zero-order chi connectivity index (χ0) is 18.5. The fourth-order valence-electron chi connectivity index (χ4n) is 2.40. The Morgan fingerprint density at radius 1 is 1.15 bits per heavy atom. The van der Waals surface area contributed by atoms with Crippen molar-refractivity contribution in [2.45, 2.75) is 13.5 Å². The van der Waals surface area contributed by atoms with Gasteiger partial charge in [-0.3, -0.25) is 9.78 Å². The minimum atomic E-state index is -0.253. The molecule has 5 nitrogen and oxygen atoms in total.